The van der Waals surface area contributed by atoms with Crippen molar-refractivity contribution >= 4 is 17.4 Å². The quantitative estimate of drug-likeness (QED) is 0.748. The van der Waals surface area contributed by atoms with Crippen LogP contribution in [0.3, 0.4) is 0 Å². The number of amides is 2. The molecule has 1 rings (SSSR count). The van der Waals surface area contributed by atoms with E-state index in [1.54, 1.807) is 11.3 Å². The second-order valence-electron chi connectivity index (χ2n) is 4.76. The van der Waals surface area contributed by atoms with Crippen molar-refractivity contribution in [1.82, 2.24) is 15.6 Å². The highest BCUT2D eigenvalue weighted by atomic mass is 32.1. The van der Waals surface area contributed by atoms with Gasteiger partial charge in [-0.2, -0.15) is 0 Å². The van der Waals surface area contributed by atoms with Gasteiger partial charge < -0.3 is 15.7 Å². The van der Waals surface area contributed by atoms with Crippen LogP contribution in [0.5, 0.6) is 0 Å². The molecule has 108 valence electrons. The van der Waals surface area contributed by atoms with Crippen molar-refractivity contribution in [2.45, 2.75) is 46.8 Å². The average molecular weight is 285 g/mol. The molecule has 0 bridgehead atoms. The number of hydrogen-bond acceptors (Lipinski definition) is 4. The van der Waals surface area contributed by atoms with Crippen LogP contribution in [0.25, 0.3) is 0 Å². The molecule has 0 spiro atoms. The lowest BCUT2D eigenvalue weighted by Gasteiger charge is -2.17. The number of aromatic nitrogens is 1. The van der Waals surface area contributed by atoms with Crippen molar-refractivity contribution in [3.05, 3.63) is 15.6 Å². The van der Waals surface area contributed by atoms with Gasteiger partial charge in [0.05, 0.1) is 23.4 Å². The maximum absolute atomic E-state index is 11.6. The monoisotopic (exact) mass is 285 g/mol. The summed E-state index contributed by atoms with van der Waals surface area (Å²) in [5.74, 6) is 0.187. The normalized spacial score (nSPS) is 13.9. The maximum Gasteiger partial charge on any atom is 0.315 e. The molecule has 2 unspecified atom stereocenters. The number of aryl methyl sites for hydroxylation is 2. The maximum atomic E-state index is 11.6. The van der Waals surface area contributed by atoms with Gasteiger partial charge in [0, 0.05) is 11.4 Å². The first-order valence-electron chi connectivity index (χ1n) is 6.56. The molecule has 2 amide bonds. The van der Waals surface area contributed by atoms with E-state index in [9.17, 15) is 9.90 Å². The molecule has 19 heavy (non-hydrogen) atoms. The number of nitrogens with one attached hydrogen (secondary N) is 2. The highest BCUT2D eigenvalue weighted by Crippen LogP contribution is 2.16. The van der Waals surface area contributed by atoms with Gasteiger partial charge >= 0.3 is 6.03 Å². The van der Waals surface area contributed by atoms with Crippen molar-refractivity contribution in [2.75, 3.05) is 6.54 Å². The molecular formula is C13H23N3O2S. The topological polar surface area (TPSA) is 74.2 Å². The van der Waals surface area contributed by atoms with E-state index in [2.05, 4.69) is 15.6 Å². The fourth-order valence-corrected chi connectivity index (χ4v) is 2.51. The number of thiazole rings is 1. The van der Waals surface area contributed by atoms with E-state index < -0.39 is 6.10 Å². The predicted octanol–water partition coefficient (Wildman–Crippen LogP) is 1.97. The Morgan fingerprint density at radius 2 is 2.11 bits per heavy atom. The van der Waals surface area contributed by atoms with Gasteiger partial charge in [0.2, 0.25) is 0 Å². The Hall–Kier alpha value is -1.14. The molecule has 1 aromatic rings. The highest BCUT2D eigenvalue weighted by Gasteiger charge is 2.13. The van der Waals surface area contributed by atoms with Crippen molar-refractivity contribution < 1.29 is 9.90 Å². The lowest BCUT2D eigenvalue weighted by molar-refractivity contribution is 0.114. The first-order valence-corrected chi connectivity index (χ1v) is 7.38. The van der Waals surface area contributed by atoms with Crippen LogP contribution < -0.4 is 10.6 Å². The smallest absolute Gasteiger partial charge is 0.315 e. The van der Waals surface area contributed by atoms with Crippen molar-refractivity contribution in [3.8, 4) is 0 Å². The van der Waals surface area contributed by atoms with Crippen molar-refractivity contribution in [3.63, 3.8) is 0 Å². The second kappa shape index (κ2) is 7.45. The number of aliphatic hydroxyl groups excluding tert-OH is 1. The molecular weight excluding hydrogens is 262 g/mol. The van der Waals surface area contributed by atoms with Crippen LogP contribution in [0.1, 0.15) is 35.8 Å². The summed E-state index contributed by atoms with van der Waals surface area (Å²) in [4.78, 5) is 17.0. The molecule has 0 radical (unpaired) electrons. The molecule has 0 aliphatic heterocycles. The summed E-state index contributed by atoms with van der Waals surface area (Å²) in [6.45, 7) is 8.62. The summed E-state index contributed by atoms with van der Waals surface area (Å²) >= 11 is 1.59. The molecule has 0 fully saturated rings. The highest BCUT2D eigenvalue weighted by molar-refractivity contribution is 7.11. The lowest BCUT2D eigenvalue weighted by Crippen LogP contribution is -2.41. The molecule has 0 saturated carbocycles. The van der Waals surface area contributed by atoms with E-state index >= 15 is 0 Å². The Morgan fingerprint density at radius 1 is 1.42 bits per heavy atom. The third-order valence-corrected chi connectivity index (χ3v) is 4.25. The van der Waals surface area contributed by atoms with Crippen LogP contribution in [0, 0.1) is 19.8 Å². The van der Waals surface area contributed by atoms with Crippen molar-refractivity contribution in [2.24, 2.45) is 5.92 Å². The van der Waals surface area contributed by atoms with Crippen molar-refractivity contribution in [1.29, 1.82) is 0 Å². The van der Waals surface area contributed by atoms with Gasteiger partial charge in [0.1, 0.15) is 0 Å². The van der Waals surface area contributed by atoms with Gasteiger partial charge in [-0.25, -0.2) is 9.78 Å². The summed E-state index contributed by atoms with van der Waals surface area (Å²) in [5, 5.41) is 16.2. The number of nitrogens with zero attached hydrogens (tertiary/aromatic N) is 1. The zero-order chi connectivity index (χ0) is 14.4. The molecule has 1 heterocycles. The molecule has 0 saturated heterocycles. The van der Waals surface area contributed by atoms with E-state index in [0.717, 1.165) is 22.0 Å². The fraction of sp³-hybridized carbons (Fsp3) is 0.692. The Kier molecular flexibility index (Phi) is 6.24. The Morgan fingerprint density at radius 3 is 2.63 bits per heavy atom. The summed E-state index contributed by atoms with van der Waals surface area (Å²) in [6.07, 6.45) is 0.396. The van der Waals surface area contributed by atoms with Gasteiger partial charge in [-0.1, -0.05) is 20.3 Å². The first-order chi connectivity index (χ1) is 8.93. The van der Waals surface area contributed by atoms with Crippen LogP contribution in [-0.2, 0) is 6.54 Å². The van der Waals surface area contributed by atoms with Gasteiger partial charge in [-0.05, 0) is 19.8 Å². The number of hydrogen-bond donors (Lipinski definition) is 3. The average Bonchev–Trinajstić information content (AvgIpc) is 2.70. The zero-order valence-corrected chi connectivity index (χ0v) is 12.8. The Balaban J connectivity index is 2.30. The number of urea groups is 1. The summed E-state index contributed by atoms with van der Waals surface area (Å²) in [6, 6.07) is -0.257. The minimum atomic E-state index is -0.497. The molecule has 0 aliphatic carbocycles. The molecule has 1 aromatic heterocycles. The molecule has 5 nitrogen and oxygen atoms in total. The van der Waals surface area contributed by atoms with E-state index in [0.29, 0.717) is 6.54 Å². The Labute approximate surface area is 118 Å². The van der Waals surface area contributed by atoms with Gasteiger partial charge in [0.25, 0.3) is 0 Å². The number of aliphatic hydroxyl groups is 1. The third-order valence-electron chi connectivity index (χ3n) is 3.18. The lowest BCUT2D eigenvalue weighted by atomic mass is 10.0. The second-order valence-corrected chi connectivity index (χ2v) is 6.05. The first kappa shape index (κ1) is 15.9. The van der Waals surface area contributed by atoms with Crippen LogP contribution in [0.4, 0.5) is 4.79 Å². The minimum absolute atomic E-state index is 0.187. The van der Waals surface area contributed by atoms with Crippen LogP contribution >= 0.6 is 11.3 Å². The molecule has 3 N–H and O–H groups in total. The minimum Gasteiger partial charge on any atom is -0.391 e. The standard InChI is InChI=1S/C13H23N3O2S/c1-5-8(2)11(17)6-14-13(18)15-7-12-9(3)16-10(4)19-12/h8,11,17H,5-7H2,1-4H3,(H2,14,15,18). The molecule has 0 aromatic carbocycles. The summed E-state index contributed by atoms with van der Waals surface area (Å²) in [5.41, 5.74) is 0.961. The molecule has 6 heteroatoms. The zero-order valence-electron chi connectivity index (χ0n) is 12.0. The summed E-state index contributed by atoms with van der Waals surface area (Å²) < 4.78 is 0. The fourth-order valence-electron chi connectivity index (χ4n) is 1.63. The molecule has 0 aliphatic rings. The SMILES string of the molecule is CCC(C)C(O)CNC(=O)NCc1sc(C)nc1C. The van der Waals surface area contributed by atoms with E-state index in [-0.39, 0.29) is 18.5 Å². The van der Waals surface area contributed by atoms with E-state index in [4.69, 9.17) is 0 Å². The largest absolute Gasteiger partial charge is 0.391 e. The third kappa shape index (κ3) is 5.16. The van der Waals surface area contributed by atoms with E-state index in [1.807, 2.05) is 27.7 Å². The van der Waals surface area contributed by atoms with Crippen LogP contribution in [0.2, 0.25) is 0 Å². The molecule has 2 atom stereocenters. The van der Waals surface area contributed by atoms with Gasteiger partial charge in [-0.15, -0.1) is 11.3 Å². The number of carbonyl (C=O) groups excluding carboxylic acids is 1. The van der Waals surface area contributed by atoms with Crippen LogP contribution in [-0.4, -0.2) is 28.8 Å². The van der Waals surface area contributed by atoms with Gasteiger partial charge in [0.15, 0.2) is 0 Å². The predicted molar refractivity (Wildman–Crippen MR) is 77.3 cm³/mol. The number of rotatable bonds is 6. The Bertz CT molecular complexity index is 420. The van der Waals surface area contributed by atoms with Gasteiger partial charge in [-0.3, -0.25) is 0 Å². The number of carbonyl (C=O) groups is 1. The van der Waals surface area contributed by atoms with E-state index in [1.165, 1.54) is 0 Å². The van der Waals surface area contributed by atoms with Crippen LogP contribution in [0.15, 0.2) is 0 Å². The summed E-state index contributed by atoms with van der Waals surface area (Å²) in [7, 11) is 0.